The normalized spacial score (nSPS) is 10.4. The van der Waals surface area contributed by atoms with Gasteiger partial charge in [0.15, 0.2) is 5.82 Å². The predicted molar refractivity (Wildman–Crippen MR) is 80.7 cm³/mol. The number of anilines is 1. The van der Waals surface area contributed by atoms with Gasteiger partial charge in [-0.3, -0.25) is 4.79 Å². The van der Waals surface area contributed by atoms with Gasteiger partial charge in [0.1, 0.15) is 0 Å². The van der Waals surface area contributed by atoms with Crippen molar-refractivity contribution in [1.29, 1.82) is 0 Å². The lowest BCUT2D eigenvalue weighted by atomic mass is 10.1. The highest BCUT2D eigenvalue weighted by molar-refractivity contribution is 6.31. The topological polar surface area (TPSA) is 80.0 Å². The summed E-state index contributed by atoms with van der Waals surface area (Å²) in [7, 11) is 0. The van der Waals surface area contributed by atoms with Crippen molar-refractivity contribution in [1.82, 2.24) is 15.5 Å². The van der Waals surface area contributed by atoms with Crippen molar-refractivity contribution in [3.05, 3.63) is 40.5 Å². The molecule has 1 aromatic carbocycles. The van der Waals surface area contributed by atoms with E-state index in [4.69, 9.17) is 16.1 Å². The second-order valence-corrected chi connectivity index (χ2v) is 4.89. The minimum absolute atomic E-state index is 0.186. The van der Waals surface area contributed by atoms with E-state index in [2.05, 4.69) is 20.8 Å². The molecule has 21 heavy (non-hydrogen) atoms. The lowest BCUT2D eigenvalue weighted by molar-refractivity contribution is 0.0954. The molecule has 0 aliphatic carbocycles. The Kier molecular flexibility index (Phi) is 5.16. The summed E-state index contributed by atoms with van der Waals surface area (Å²) in [5.41, 5.74) is 1.28. The van der Waals surface area contributed by atoms with Crippen LogP contribution in [0.15, 0.2) is 22.7 Å². The Morgan fingerprint density at radius 1 is 1.43 bits per heavy atom. The molecule has 0 aliphatic heterocycles. The molecule has 0 saturated carbocycles. The van der Waals surface area contributed by atoms with Crippen LogP contribution in [0.4, 0.5) is 5.69 Å². The number of rotatable bonds is 6. The molecule has 0 fully saturated rings. The van der Waals surface area contributed by atoms with Crippen molar-refractivity contribution in [2.24, 2.45) is 0 Å². The largest absolute Gasteiger partial charge is 0.385 e. The molecule has 0 saturated heterocycles. The van der Waals surface area contributed by atoms with Gasteiger partial charge in [-0.05, 0) is 25.1 Å². The number of hydrogen-bond acceptors (Lipinski definition) is 5. The van der Waals surface area contributed by atoms with Crippen LogP contribution in [0, 0.1) is 6.92 Å². The van der Waals surface area contributed by atoms with Crippen molar-refractivity contribution in [3.8, 4) is 0 Å². The molecule has 2 N–H and O–H groups in total. The zero-order chi connectivity index (χ0) is 15.2. The number of aromatic nitrogens is 2. The van der Waals surface area contributed by atoms with E-state index >= 15 is 0 Å². The number of nitrogens with one attached hydrogen (secondary N) is 2. The first-order valence-corrected chi connectivity index (χ1v) is 7.08. The second-order valence-electron chi connectivity index (χ2n) is 4.46. The SMILES string of the molecule is CCNc1ccc(Cl)cc1C(=O)NCCc1noc(C)n1. The fourth-order valence-corrected chi connectivity index (χ4v) is 2.05. The summed E-state index contributed by atoms with van der Waals surface area (Å²) in [4.78, 5) is 16.3. The number of carbonyl (C=O) groups excluding carboxylic acids is 1. The van der Waals surface area contributed by atoms with E-state index in [-0.39, 0.29) is 5.91 Å². The van der Waals surface area contributed by atoms with Gasteiger partial charge in [-0.15, -0.1) is 0 Å². The maximum absolute atomic E-state index is 12.2. The first-order valence-electron chi connectivity index (χ1n) is 6.71. The third kappa shape index (κ3) is 4.19. The summed E-state index contributed by atoms with van der Waals surface area (Å²) in [5, 5.41) is 10.3. The van der Waals surface area contributed by atoms with Crippen molar-refractivity contribution >= 4 is 23.2 Å². The van der Waals surface area contributed by atoms with Crippen molar-refractivity contribution in [3.63, 3.8) is 0 Å². The van der Waals surface area contributed by atoms with E-state index in [1.54, 1.807) is 25.1 Å². The van der Waals surface area contributed by atoms with Crippen LogP contribution in [0.25, 0.3) is 0 Å². The smallest absolute Gasteiger partial charge is 0.253 e. The Morgan fingerprint density at radius 3 is 2.90 bits per heavy atom. The number of nitrogens with zero attached hydrogens (tertiary/aromatic N) is 2. The Hall–Kier alpha value is -2.08. The zero-order valence-electron chi connectivity index (χ0n) is 11.9. The fourth-order valence-electron chi connectivity index (χ4n) is 1.87. The molecule has 1 amide bonds. The minimum Gasteiger partial charge on any atom is -0.385 e. The van der Waals surface area contributed by atoms with E-state index in [1.165, 1.54) is 0 Å². The molecule has 2 rings (SSSR count). The number of hydrogen-bond donors (Lipinski definition) is 2. The predicted octanol–water partition coefficient (Wildman–Crippen LogP) is 2.44. The van der Waals surface area contributed by atoms with Crippen LogP contribution in [0.1, 0.15) is 29.0 Å². The average molecular weight is 309 g/mol. The maximum atomic E-state index is 12.2. The molecular weight excluding hydrogens is 292 g/mol. The molecule has 2 aromatic rings. The monoisotopic (exact) mass is 308 g/mol. The Morgan fingerprint density at radius 2 is 2.24 bits per heavy atom. The summed E-state index contributed by atoms with van der Waals surface area (Å²) in [6, 6.07) is 5.19. The van der Waals surface area contributed by atoms with Gasteiger partial charge in [0.2, 0.25) is 5.89 Å². The van der Waals surface area contributed by atoms with Crippen LogP contribution in [-0.4, -0.2) is 29.1 Å². The minimum atomic E-state index is -0.186. The Labute approximate surface area is 127 Å². The quantitative estimate of drug-likeness (QED) is 0.856. The molecule has 0 atom stereocenters. The Balaban J connectivity index is 1.97. The van der Waals surface area contributed by atoms with Crippen LogP contribution >= 0.6 is 11.6 Å². The van der Waals surface area contributed by atoms with Gasteiger partial charge in [0, 0.05) is 37.1 Å². The molecule has 0 bridgehead atoms. The molecule has 7 heteroatoms. The van der Waals surface area contributed by atoms with Crippen molar-refractivity contribution < 1.29 is 9.32 Å². The first-order chi connectivity index (χ1) is 10.1. The van der Waals surface area contributed by atoms with Crippen LogP contribution in [0.5, 0.6) is 0 Å². The van der Waals surface area contributed by atoms with Gasteiger partial charge in [-0.1, -0.05) is 16.8 Å². The number of carbonyl (C=O) groups is 1. The number of aryl methyl sites for hydroxylation is 1. The molecule has 0 radical (unpaired) electrons. The van der Waals surface area contributed by atoms with E-state index in [0.29, 0.717) is 35.3 Å². The highest BCUT2D eigenvalue weighted by Crippen LogP contribution is 2.20. The lowest BCUT2D eigenvalue weighted by Crippen LogP contribution is -2.26. The van der Waals surface area contributed by atoms with E-state index in [9.17, 15) is 4.79 Å². The fraction of sp³-hybridized carbons (Fsp3) is 0.357. The number of amides is 1. The second kappa shape index (κ2) is 7.08. The zero-order valence-corrected chi connectivity index (χ0v) is 12.7. The van der Waals surface area contributed by atoms with Crippen LogP contribution in [0.3, 0.4) is 0 Å². The number of halogens is 1. The third-order valence-electron chi connectivity index (χ3n) is 2.80. The summed E-state index contributed by atoms with van der Waals surface area (Å²) in [5.74, 6) is 0.903. The third-order valence-corrected chi connectivity index (χ3v) is 3.03. The molecule has 0 aliphatic rings. The highest BCUT2D eigenvalue weighted by Gasteiger charge is 2.12. The summed E-state index contributed by atoms with van der Waals surface area (Å²) in [6.07, 6.45) is 0.514. The van der Waals surface area contributed by atoms with Crippen LogP contribution in [-0.2, 0) is 6.42 Å². The van der Waals surface area contributed by atoms with Crippen LogP contribution < -0.4 is 10.6 Å². The van der Waals surface area contributed by atoms with Gasteiger partial charge < -0.3 is 15.2 Å². The molecule has 0 unspecified atom stereocenters. The van der Waals surface area contributed by atoms with Gasteiger partial charge in [-0.2, -0.15) is 4.98 Å². The number of benzene rings is 1. The van der Waals surface area contributed by atoms with Gasteiger partial charge in [0.25, 0.3) is 5.91 Å². The molecule has 1 heterocycles. The lowest BCUT2D eigenvalue weighted by Gasteiger charge is -2.11. The summed E-state index contributed by atoms with van der Waals surface area (Å²) >= 11 is 5.95. The molecule has 0 spiro atoms. The first kappa shape index (κ1) is 15.3. The molecule has 1 aromatic heterocycles. The standard InChI is InChI=1S/C14H17ClN4O2/c1-3-16-12-5-4-10(15)8-11(12)14(20)17-7-6-13-18-9(2)21-19-13/h4-5,8,16H,3,6-7H2,1-2H3,(H,17,20). The van der Waals surface area contributed by atoms with Crippen molar-refractivity contribution in [2.75, 3.05) is 18.4 Å². The molecule has 112 valence electrons. The highest BCUT2D eigenvalue weighted by atomic mass is 35.5. The Bertz CT molecular complexity index is 627. The van der Waals surface area contributed by atoms with E-state index in [1.807, 2.05) is 6.92 Å². The van der Waals surface area contributed by atoms with Crippen molar-refractivity contribution in [2.45, 2.75) is 20.3 Å². The van der Waals surface area contributed by atoms with Gasteiger partial charge in [-0.25, -0.2) is 0 Å². The van der Waals surface area contributed by atoms with Gasteiger partial charge >= 0.3 is 0 Å². The van der Waals surface area contributed by atoms with E-state index < -0.39 is 0 Å². The maximum Gasteiger partial charge on any atom is 0.253 e. The summed E-state index contributed by atoms with van der Waals surface area (Å²) in [6.45, 7) is 4.85. The average Bonchev–Trinajstić information content (AvgIpc) is 2.86. The molecular formula is C14H17ClN4O2. The van der Waals surface area contributed by atoms with Gasteiger partial charge in [0.05, 0.1) is 5.56 Å². The molecule has 6 nitrogen and oxygen atoms in total. The summed E-state index contributed by atoms with van der Waals surface area (Å²) < 4.78 is 4.87. The van der Waals surface area contributed by atoms with Crippen LogP contribution in [0.2, 0.25) is 5.02 Å². The van der Waals surface area contributed by atoms with E-state index in [0.717, 1.165) is 12.2 Å².